The molecule has 0 saturated carbocycles. The van der Waals surface area contributed by atoms with Crippen molar-refractivity contribution in [2.45, 2.75) is 17.7 Å². The zero-order valence-electron chi connectivity index (χ0n) is 18.0. The minimum atomic E-state index is -3.73. The van der Waals surface area contributed by atoms with Gasteiger partial charge in [-0.3, -0.25) is 0 Å². The fourth-order valence-electron chi connectivity index (χ4n) is 3.58. The molecule has 0 saturated heterocycles. The average molecular weight is 559 g/mol. The summed E-state index contributed by atoms with van der Waals surface area (Å²) in [6, 6.07) is 19.8. The lowest BCUT2D eigenvalue weighted by molar-refractivity contribution is 0.577. The van der Waals surface area contributed by atoms with Gasteiger partial charge in [-0.1, -0.05) is 41.9 Å². The highest BCUT2D eigenvalue weighted by Gasteiger charge is 2.17. The molecule has 2 N–H and O–H groups in total. The fourth-order valence-corrected chi connectivity index (χ4v) is 5.43. The van der Waals surface area contributed by atoms with Crippen molar-refractivity contribution in [1.82, 2.24) is 14.3 Å². The van der Waals surface area contributed by atoms with Crippen molar-refractivity contribution in [3.05, 3.63) is 81.9 Å². The Morgan fingerprint density at radius 1 is 1.06 bits per heavy atom. The summed E-state index contributed by atoms with van der Waals surface area (Å²) in [4.78, 5) is -0.00124. The van der Waals surface area contributed by atoms with E-state index in [9.17, 15) is 8.42 Å². The van der Waals surface area contributed by atoms with Crippen LogP contribution in [0.3, 0.4) is 0 Å². The number of aromatic nitrogens is 2. The van der Waals surface area contributed by atoms with Crippen LogP contribution in [0.4, 0.5) is 5.82 Å². The summed E-state index contributed by atoms with van der Waals surface area (Å²) in [6.07, 6.45) is 3.09. The molecule has 174 valence electrons. The summed E-state index contributed by atoms with van der Waals surface area (Å²) >= 11 is 9.96. The number of benzene rings is 2. The van der Waals surface area contributed by atoms with Gasteiger partial charge < -0.3 is 5.32 Å². The molecule has 2 heterocycles. The van der Waals surface area contributed by atoms with Gasteiger partial charge in [0, 0.05) is 23.7 Å². The SMILES string of the molecule is N#Cc1ccccc1S(=O)(=O)NCCCCNc1cc(-c2ccccc2Cl)cc2c(Br)cnn12. The Morgan fingerprint density at radius 3 is 2.59 bits per heavy atom. The molecule has 4 aromatic rings. The normalized spacial score (nSPS) is 11.4. The molecule has 0 atom stereocenters. The number of pyridine rings is 1. The van der Waals surface area contributed by atoms with Crippen LogP contribution in [0.2, 0.25) is 5.02 Å². The highest BCUT2D eigenvalue weighted by Crippen LogP contribution is 2.32. The van der Waals surface area contributed by atoms with Crippen LogP contribution in [-0.2, 0) is 10.0 Å². The molecule has 0 radical (unpaired) electrons. The van der Waals surface area contributed by atoms with E-state index in [1.807, 2.05) is 47.0 Å². The van der Waals surface area contributed by atoms with E-state index in [1.54, 1.807) is 18.3 Å². The third-order valence-electron chi connectivity index (χ3n) is 5.26. The van der Waals surface area contributed by atoms with Gasteiger partial charge in [0.1, 0.15) is 11.9 Å². The third-order valence-corrected chi connectivity index (χ3v) is 7.72. The molecule has 0 bridgehead atoms. The highest BCUT2D eigenvalue weighted by molar-refractivity contribution is 9.10. The van der Waals surface area contributed by atoms with Gasteiger partial charge in [0.2, 0.25) is 10.0 Å². The lowest BCUT2D eigenvalue weighted by atomic mass is 10.1. The molecule has 0 aliphatic carbocycles. The van der Waals surface area contributed by atoms with Gasteiger partial charge in [0.05, 0.1) is 26.6 Å². The number of fused-ring (bicyclic) bond motifs is 1. The van der Waals surface area contributed by atoms with E-state index in [4.69, 9.17) is 16.9 Å². The van der Waals surface area contributed by atoms with Crippen molar-refractivity contribution in [1.29, 1.82) is 5.26 Å². The number of hydrogen-bond donors (Lipinski definition) is 2. The van der Waals surface area contributed by atoms with Gasteiger partial charge in [-0.25, -0.2) is 17.7 Å². The van der Waals surface area contributed by atoms with E-state index in [0.717, 1.165) is 33.4 Å². The smallest absolute Gasteiger partial charge is 0.241 e. The van der Waals surface area contributed by atoms with Crippen LogP contribution in [0.1, 0.15) is 18.4 Å². The van der Waals surface area contributed by atoms with Gasteiger partial charge in [-0.05, 0) is 64.7 Å². The van der Waals surface area contributed by atoms with Crippen molar-refractivity contribution in [2.24, 2.45) is 0 Å². The summed E-state index contributed by atoms with van der Waals surface area (Å²) in [6.45, 7) is 0.890. The Bertz CT molecular complexity index is 1480. The molecular formula is C24H21BrClN5O2S. The summed E-state index contributed by atoms with van der Waals surface area (Å²) in [5, 5.41) is 17.6. The molecule has 0 amide bonds. The Morgan fingerprint density at radius 2 is 1.79 bits per heavy atom. The zero-order chi connectivity index (χ0) is 24.1. The number of nitrogens with one attached hydrogen (secondary N) is 2. The largest absolute Gasteiger partial charge is 0.370 e. The molecule has 0 aliphatic rings. The first-order chi connectivity index (χ1) is 16.4. The maximum atomic E-state index is 12.5. The van der Waals surface area contributed by atoms with Crippen LogP contribution in [0.15, 0.2) is 76.2 Å². The summed E-state index contributed by atoms with van der Waals surface area (Å²) < 4.78 is 30.3. The fraction of sp³-hybridized carbons (Fsp3) is 0.167. The van der Waals surface area contributed by atoms with Crippen molar-refractivity contribution in [3.8, 4) is 17.2 Å². The number of sulfonamides is 1. The summed E-state index contributed by atoms with van der Waals surface area (Å²) in [5.41, 5.74) is 2.92. The second kappa shape index (κ2) is 10.6. The topological polar surface area (TPSA) is 99.3 Å². The molecule has 0 fully saturated rings. The Kier molecular flexibility index (Phi) is 7.54. The molecule has 0 unspecified atom stereocenters. The van der Waals surface area contributed by atoms with E-state index >= 15 is 0 Å². The van der Waals surface area contributed by atoms with Gasteiger partial charge in [-0.2, -0.15) is 10.4 Å². The van der Waals surface area contributed by atoms with E-state index in [2.05, 4.69) is 31.1 Å². The van der Waals surface area contributed by atoms with Crippen LogP contribution < -0.4 is 10.0 Å². The van der Waals surface area contributed by atoms with Gasteiger partial charge >= 0.3 is 0 Å². The molecule has 0 spiro atoms. The van der Waals surface area contributed by atoms with E-state index in [1.165, 1.54) is 12.1 Å². The van der Waals surface area contributed by atoms with Crippen LogP contribution in [-0.4, -0.2) is 31.1 Å². The first-order valence-corrected chi connectivity index (χ1v) is 13.2. The standard InChI is InChI=1S/C24H21BrClN5O2S/c25-20-16-29-31-22(20)13-18(19-8-2-3-9-21(19)26)14-24(31)28-11-5-6-12-30-34(32,33)23-10-4-1-7-17(23)15-27/h1-4,7-10,13-14,16,28,30H,5-6,11-12H2. The van der Waals surface area contributed by atoms with Crippen molar-refractivity contribution < 1.29 is 8.42 Å². The number of halogens is 2. The van der Waals surface area contributed by atoms with Gasteiger partial charge in [0.15, 0.2) is 0 Å². The first-order valence-electron chi connectivity index (χ1n) is 10.6. The molecule has 2 aromatic carbocycles. The second-order valence-electron chi connectivity index (χ2n) is 7.54. The number of rotatable bonds is 9. The molecule has 34 heavy (non-hydrogen) atoms. The number of nitriles is 1. The zero-order valence-corrected chi connectivity index (χ0v) is 21.2. The Balaban J connectivity index is 1.40. The minimum Gasteiger partial charge on any atom is -0.370 e. The van der Waals surface area contributed by atoms with Crippen molar-refractivity contribution in [3.63, 3.8) is 0 Å². The molecule has 0 aliphatic heterocycles. The van der Waals surface area contributed by atoms with Crippen LogP contribution in [0.25, 0.3) is 16.6 Å². The van der Waals surface area contributed by atoms with Crippen LogP contribution >= 0.6 is 27.5 Å². The van der Waals surface area contributed by atoms with E-state index in [-0.39, 0.29) is 17.0 Å². The van der Waals surface area contributed by atoms with Gasteiger partial charge in [-0.15, -0.1) is 0 Å². The van der Waals surface area contributed by atoms with Crippen LogP contribution in [0.5, 0.6) is 0 Å². The predicted octanol–water partition coefficient (Wildman–Crippen LogP) is 5.46. The lowest BCUT2D eigenvalue weighted by Gasteiger charge is -2.13. The summed E-state index contributed by atoms with van der Waals surface area (Å²) in [7, 11) is -3.73. The molecule has 4 rings (SSSR count). The Hall–Kier alpha value is -2.90. The van der Waals surface area contributed by atoms with E-state index < -0.39 is 10.0 Å². The summed E-state index contributed by atoms with van der Waals surface area (Å²) in [5.74, 6) is 0.807. The van der Waals surface area contributed by atoms with Crippen molar-refractivity contribution >= 4 is 48.9 Å². The maximum Gasteiger partial charge on any atom is 0.241 e. The third kappa shape index (κ3) is 5.26. The van der Waals surface area contributed by atoms with Crippen molar-refractivity contribution in [2.75, 3.05) is 18.4 Å². The number of anilines is 1. The molecular weight excluding hydrogens is 538 g/mol. The maximum absolute atomic E-state index is 12.5. The Labute approximate surface area is 211 Å². The monoisotopic (exact) mass is 557 g/mol. The predicted molar refractivity (Wildman–Crippen MR) is 137 cm³/mol. The minimum absolute atomic E-state index is 0.00124. The number of hydrogen-bond acceptors (Lipinski definition) is 5. The second-order valence-corrected chi connectivity index (χ2v) is 10.5. The lowest BCUT2D eigenvalue weighted by Crippen LogP contribution is -2.26. The number of nitrogens with zero attached hydrogens (tertiary/aromatic N) is 3. The van der Waals surface area contributed by atoms with E-state index in [0.29, 0.717) is 18.0 Å². The molecule has 10 heteroatoms. The van der Waals surface area contributed by atoms with Crippen LogP contribution in [0, 0.1) is 11.3 Å². The molecule has 2 aromatic heterocycles. The van der Waals surface area contributed by atoms with Gasteiger partial charge in [0.25, 0.3) is 0 Å². The number of unbranched alkanes of at least 4 members (excludes halogenated alkanes) is 1. The average Bonchev–Trinajstić information content (AvgIpc) is 3.22. The highest BCUT2D eigenvalue weighted by atomic mass is 79.9. The first kappa shape index (κ1) is 24.2. The quantitative estimate of drug-likeness (QED) is 0.266. The molecule has 7 nitrogen and oxygen atoms in total.